The molecule has 88 valence electrons. The minimum absolute atomic E-state index is 0.359. The van der Waals surface area contributed by atoms with Crippen LogP contribution in [0.1, 0.15) is 15.9 Å². The number of nitrogen functional groups attached to an aromatic ring is 1. The molecule has 1 aromatic rings. The average molecular weight is 237 g/mol. The summed E-state index contributed by atoms with van der Waals surface area (Å²) < 4.78 is 54.2. The smallest absolute Gasteiger partial charge is 0.419 e. The highest BCUT2D eigenvalue weighted by Gasteiger charge is 2.36. The van der Waals surface area contributed by atoms with E-state index in [0.29, 0.717) is 6.07 Å². The molecule has 0 spiro atoms. The quantitative estimate of drug-likeness (QED) is 0.463. The van der Waals surface area contributed by atoms with Gasteiger partial charge in [-0.15, -0.1) is 0 Å². The number of halogens is 4. The molecule has 0 radical (unpaired) electrons. The van der Waals surface area contributed by atoms with Crippen molar-refractivity contribution in [3.63, 3.8) is 0 Å². The SMILES string of the molecule is COC(=O)c1cc(N)c(F)c(C(F)(F)F)c1. The second kappa shape index (κ2) is 3.99. The van der Waals surface area contributed by atoms with Gasteiger partial charge in [-0.2, -0.15) is 13.2 Å². The molecule has 0 aliphatic carbocycles. The highest BCUT2D eigenvalue weighted by Crippen LogP contribution is 2.34. The highest BCUT2D eigenvalue weighted by atomic mass is 19.4. The molecule has 1 aromatic carbocycles. The Morgan fingerprint density at radius 2 is 1.94 bits per heavy atom. The van der Waals surface area contributed by atoms with Crippen LogP contribution < -0.4 is 5.73 Å². The first-order valence-corrected chi connectivity index (χ1v) is 4.02. The van der Waals surface area contributed by atoms with E-state index in [1.165, 1.54) is 0 Å². The molecule has 0 aliphatic heterocycles. The van der Waals surface area contributed by atoms with Gasteiger partial charge in [-0.25, -0.2) is 9.18 Å². The number of anilines is 1. The third-order valence-electron chi connectivity index (χ3n) is 1.83. The van der Waals surface area contributed by atoms with Gasteiger partial charge in [0.1, 0.15) is 0 Å². The number of hydrogen-bond acceptors (Lipinski definition) is 3. The van der Waals surface area contributed by atoms with Crippen molar-refractivity contribution >= 4 is 11.7 Å². The standard InChI is InChI=1S/C9H7F4NO2/c1-16-8(15)4-2-5(9(11,12)13)7(10)6(14)3-4/h2-3H,14H2,1H3. The van der Waals surface area contributed by atoms with E-state index in [-0.39, 0.29) is 0 Å². The number of carbonyl (C=O) groups is 1. The number of nitrogens with two attached hydrogens (primary N) is 1. The van der Waals surface area contributed by atoms with Crippen LogP contribution in [0.2, 0.25) is 0 Å². The summed E-state index contributed by atoms with van der Waals surface area (Å²) in [6, 6.07) is 1.15. The minimum atomic E-state index is -4.91. The van der Waals surface area contributed by atoms with Crippen LogP contribution in [0, 0.1) is 5.82 Å². The zero-order chi connectivity index (χ0) is 12.5. The van der Waals surface area contributed by atoms with Gasteiger partial charge in [0.25, 0.3) is 0 Å². The molecule has 0 fully saturated rings. The predicted octanol–water partition coefficient (Wildman–Crippen LogP) is 2.21. The lowest BCUT2D eigenvalue weighted by atomic mass is 10.1. The normalized spacial score (nSPS) is 11.3. The Labute approximate surface area is 87.8 Å². The topological polar surface area (TPSA) is 52.3 Å². The Morgan fingerprint density at radius 3 is 2.38 bits per heavy atom. The van der Waals surface area contributed by atoms with E-state index in [0.717, 1.165) is 13.2 Å². The second-order valence-corrected chi connectivity index (χ2v) is 2.92. The molecule has 2 N–H and O–H groups in total. The lowest BCUT2D eigenvalue weighted by molar-refractivity contribution is -0.139. The van der Waals surface area contributed by atoms with Gasteiger partial charge < -0.3 is 10.5 Å². The fraction of sp³-hybridized carbons (Fsp3) is 0.222. The Bertz CT molecular complexity index is 428. The number of rotatable bonds is 1. The van der Waals surface area contributed by atoms with Crippen LogP contribution in [0.3, 0.4) is 0 Å². The van der Waals surface area contributed by atoms with Crippen molar-refractivity contribution in [1.82, 2.24) is 0 Å². The molecule has 7 heteroatoms. The fourth-order valence-corrected chi connectivity index (χ4v) is 1.09. The maximum Gasteiger partial charge on any atom is 0.419 e. The van der Waals surface area contributed by atoms with E-state index >= 15 is 0 Å². The van der Waals surface area contributed by atoms with Crippen molar-refractivity contribution in [2.45, 2.75) is 6.18 Å². The van der Waals surface area contributed by atoms with E-state index in [2.05, 4.69) is 4.74 Å². The molecule has 0 saturated heterocycles. The summed E-state index contributed by atoms with van der Waals surface area (Å²) in [6.45, 7) is 0. The number of hydrogen-bond donors (Lipinski definition) is 1. The average Bonchev–Trinajstić information content (AvgIpc) is 2.18. The third-order valence-corrected chi connectivity index (χ3v) is 1.83. The predicted molar refractivity (Wildman–Crippen MR) is 47.2 cm³/mol. The fourth-order valence-electron chi connectivity index (χ4n) is 1.09. The first kappa shape index (κ1) is 12.3. The van der Waals surface area contributed by atoms with Gasteiger partial charge in [0.05, 0.1) is 23.9 Å². The van der Waals surface area contributed by atoms with Gasteiger partial charge in [0.15, 0.2) is 5.82 Å². The summed E-state index contributed by atoms with van der Waals surface area (Å²) >= 11 is 0. The molecule has 0 amide bonds. The molecule has 3 nitrogen and oxygen atoms in total. The van der Waals surface area contributed by atoms with Crippen LogP contribution in [0.25, 0.3) is 0 Å². The Balaban J connectivity index is 3.39. The monoisotopic (exact) mass is 237 g/mol. The van der Waals surface area contributed by atoms with Crippen LogP contribution in [0.5, 0.6) is 0 Å². The molecule has 0 saturated carbocycles. The van der Waals surface area contributed by atoms with Gasteiger partial charge in [-0.05, 0) is 12.1 Å². The third kappa shape index (κ3) is 2.23. The van der Waals surface area contributed by atoms with Crippen LogP contribution in [0.15, 0.2) is 12.1 Å². The number of methoxy groups -OCH3 is 1. The Hall–Kier alpha value is -1.79. The van der Waals surface area contributed by atoms with Crippen molar-refractivity contribution in [1.29, 1.82) is 0 Å². The van der Waals surface area contributed by atoms with Crippen LogP contribution >= 0.6 is 0 Å². The summed E-state index contributed by atoms with van der Waals surface area (Å²) in [4.78, 5) is 11.0. The highest BCUT2D eigenvalue weighted by molar-refractivity contribution is 5.90. The van der Waals surface area contributed by atoms with Crippen molar-refractivity contribution in [2.75, 3.05) is 12.8 Å². The molecular weight excluding hydrogens is 230 g/mol. The number of alkyl halides is 3. The summed E-state index contributed by atoms with van der Waals surface area (Å²) in [5.41, 5.74) is 2.23. The largest absolute Gasteiger partial charge is 0.465 e. The van der Waals surface area contributed by atoms with Crippen molar-refractivity contribution < 1.29 is 27.1 Å². The van der Waals surface area contributed by atoms with Gasteiger partial charge in [-0.3, -0.25) is 0 Å². The Kier molecular flexibility index (Phi) is 3.06. The molecule has 0 atom stereocenters. The van der Waals surface area contributed by atoms with E-state index in [9.17, 15) is 22.4 Å². The summed E-state index contributed by atoms with van der Waals surface area (Å²) in [5, 5.41) is 0. The van der Waals surface area contributed by atoms with Crippen LogP contribution in [-0.4, -0.2) is 13.1 Å². The molecule has 1 rings (SSSR count). The van der Waals surface area contributed by atoms with Crippen molar-refractivity contribution in [3.05, 3.63) is 29.1 Å². The van der Waals surface area contributed by atoms with Crippen molar-refractivity contribution in [3.8, 4) is 0 Å². The summed E-state index contributed by atoms with van der Waals surface area (Å²) in [6.07, 6.45) is -4.91. The minimum Gasteiger partial charge on any atom is -0.465 e. The van der Waals surface area contributed by atoms with E-state index in [1.54, 1.807) is 0 Å². The summed E-state index contributed by atoms with van der Waals surface area (Å²) in [5.74, 6) is -2.61. The van der Waals surface area contributed by atoms with Gasteiger partial charge >= 0.3 is 12.1 Å². The van der Waals surface area contributed by atoms with Gasteiger partial charge in [0, 0.05) is 0 Å². The van der Waals surface area contributed by atoms with Crippen LogP contribution in [-0.2, 0) is 10.9 Å². The number of carbonyl (C=O) groups excluding carboxylic acids is 1. The molecule has 0 heterocycles. The maximum atomic E-state index is 13.0. The molecule has 0 aromatic heterocycles. The molecular formula is C9H7F4NO2. The second-order valence-electron chi connectivity index (χ2n) is 2.92. The van der Waals surface area contributed by atoms with Gasteiger partial charge in [0.2, 0.25) is 0 Å². The van der Waals surface area contributed by atoms with Crippen LogP contribution in [0.4, 0.5) is 23.2 Å². The first-order valence-electron chi connectivity index (χ1n) is 4.02. The van der Waals surface area contributed by atoms with Crippen molar-refractivity contribution in [2.24, 2.45) is 0 Å². The van der Waals surface area contributed by atoms with Gasteiger partial charge in [-0.1, -0.05) is 0 Å². The molecule has 0 aliphatic rings. The zero-order valence-corrected chi connectivity index (χ0v) is 8.06. The Morgan fingerprint density at radius 1 is 1.38 bits per heavy atom. The zero-order valence-electron chi connectivity index (χ0n) is 8.06. The lowest BCUT2D eigenvalue weighted by Crippen LogP contribution is -2.13. The first-order chi connectivity index (χ1) is 7.27. The molecule has 0 bridgehead atoms. The van der Waals surface area contributed by atoms with E-state index < -0.39 is 34.8 Å². The lowest BCUT2D eigenvalue weighted by Gasteiger charge is -2.11. The maximum absolute atomic E-state index is 13.0. The van der Waals surface area contributed by atoms with E-state index in [4.69, 9.17) is 5.73 Å². The molecule has 16 heavy (non-hydrogen) atoms. The number of ether oxygens (including phenoxy) is 1. The van der Waals surface area contributed by atoms with E-state index in [1.807, 2.05) is 0 Å². The number of benzene rings is 1. The number of esters is 1. The molecule has 0 unspecified atom stereocenters. The summed E-state index contributed by atoms with van der Waals surface area (Å²) in [7, 11) is 0.995.